The Balaban J connectivity index is 1.56. The molecule has 0 aliphatic carbocycles. The van der Waals surface area contributed by atoms with Gasteiger partial charge < -0.3 is 15.2 Å². The molecule has 3 aromatic rings. The second kappa shape index (κ2) is 9.47. The third-order valence-corrected chi connectivity index (χ3v) is 4.67. The lowest BCUT2D eigenvalue weighted by atomic mass is 10.1. The van der Waals surface area contributed by atoms with Crippen molar-refractivity contribution in [1.82, 2.24) is 20.2 Å². The first-order chi connectivity index (χ1) is 14.3. The van der Waals surface area contributed by atoms with Gasteiger partial charge in [-0.3, -0.25) is 4.99 Å². The number of hydrogen-bond acceptors (Lipinski definition) is 2. The quantitative estimate of drug-likeness (QED) is 0.470. The number of hydrogen-bond donors (Lipinski definition) is 2. The van der Waals surface area contributed by atoms with E-state index in [4.69, 9.17) is 0 Å². The summed E-state index contributed by atoms with van der Waals surface area (Å²) in [6.45, 7) is 3.48. The molecule has 0 aliphatic heterocycles. The van der Waals surface area contributed by atoms with Crippen LogP contribution in [-0.2, 0) is 25.8 Å². The summed E-state index contributed by atoms with van der Waals surface area (Å²) in [6.07, 6.45) is -0.628. The number of aromatic nitrogens is 2. The zero-order valence-electron chi connectivity index (χ0n) is 16.9. The van der Waals surface area contributed by atoms with Crippen molar-refractivity contribution in [3.8, 4) is 0 Å². The maximum Gasteiger partial charge on any atom is 0.416 e. The van der Waals surface area contributed by atoms with Crippen molar-refractivity contribution in [2.45, 2.75) is 32.7 Å². The smallest absolute Gasteiger partial charge is 0.352 e. The molecule has 158 valence electrons. The van der Waals surface area contributed by atoms with Crippen LogP contribution in [0.2, 0.25) is 0 Å². The highest BCUT2D eigenvalue weighted by molar-refractivity contribution is 5.79. The molecule has 0 saturated heterocycles. The van der Waals surface area contributed by atoms with E-state index in [0.717, 1.165) is 35.6 Å². The van der Waals surface area contributed by atoms with Gasteiger partial charge in [-0.1, -0.05) is 36.4 Å². The summed E-state index contributed by atoms with van der Waals surface area (Å²) in [5, 5.41) is 6.25. The number of alkyl halides is 3. The zero-order valence-corrected chi connectivity index (χ0v) is 16.9. The summed E-state index contributed by atoms with van der Waals surface area (Å²) in [4.78, 5) is 8.38. The monoisotopic (exact) mass is 415 g/mol. The minimum atomic E-state index is -4.35. The molecule has 0 radical (unpaired) electrons. The molecule has 5 nitrogen and oxygen atoms in total. The van der Waals surface area contributed by atoms with E-state index in [9.17, 15) is 13.2 Å². The minimum Gasteiger partial charge on any atom is -0.352 e. The molecule has 1 heterocycles. The van der Waals surface area contributed by atoms with Crippen LogP contribution < -0.4 is 10.6 Å². The van der Waals surface area contributed by atoms with E-state index < -0.39 is 11.7 Å². The second-order valence-corrected chi connectivity index (χ2v) is 6.90. The van der Waals surface area contributed by atoms with Gasteiger partial charge in [0.1, 0.15) is 5.82 Å². The number of rotatable bonds is 6. The lowest BCUT2D eigenvalue weighted by Gasteiger charge is -2.14. The molecule has 3 rings (SSSR count). The largest absolute Gasteiger partial charge is 0.416 e. The summed E-state index contributed by atoms with van der Waals surface area (Å²) in [7, 11) is 1.62. The standard InChI is InChI=1S/C22H24F3N5/c1-16-27-9-10-30(16)15-19-7-3-5-17(11-19)13-28-21(26-2)29-14-18-6-4-8-20(12-18)22(23,24)25/h3-12H,13-15H2,1-2H3,(H2,26,28,29). The lowest BCUT2D eigenvalue weighted by molar-refractivity contribution is -0.137. The minimum absolute atomic E-state index is 0.240. The molecule has 0 bridgehead atoms. The van der Waals surface area contributed by atoms with E-state index in [1.165, 1.54) is 6.07 Å². The number of imidazole rings is 1. The van der Waals surface area contributed by atoms with Gasteiger partial charge in [-0.25, -0.2) is 4.98 Å². The molecule has 1 aromatic heterocycles. The van der Waals surface area contributed by atoms with Crippen molar-refractivity contribution in [3.63, 3.8) is 0 Å². The van der Waals surface area contributed by atoms with E-state index in [0.29, 0.717) is 18.1 Å². The van der Waals surface area contributed by atoms with Gasteiger partial charge in [0.05, 0.1) is 5.56 Å². The van der Waals surface area contributed by atoms with Gasteiger partial charge in [-0.2, -0.15) is 13.2 Å². The lowest BCUT2D eigenvalue weighted by Crippen LogP contribution is -2.36. The Morgan fingerprint density at radius 3 is 2.23 bits per heavy atom. The average Bonchev–Trinajstić information content (AvgIpc) is 3.12. The highest BCUT2D eigenvalue weighted by atomic mass is 19.4. The van der Waals surface area contributed by atoms with E-state index in [1.54, 1.807) is 19.3 Å². The number of halogens is 3. The zero-order chi connectivity index (χ0) is 21.6. The molecule has 0 saturated carbocycles. The summed E-state index contributed by atoms with van der Waals surface area (Å²) in [6, 6.07) is 13.4. The Morgan fingerprint density at radius 1 is 1.00 bits per heavy atom. The predicted octanol–water partition coefficient (Wildman–Crippen LogP) is 4.12. The van der Waals surface area contributed by atoms with Crippen LogP contribution in [0.3, 0.4) is 0 Å². The van der Waals surface area contributed by atoms with Gasteiger partial charge in [0.2, 0.25) is 0 Å². The number of nitrogens with zero attached hydrogens (tertiary/aromatic N) is 3. The van der Waals surface area contributed by atoms with Gasteiger partial charge in [-0.05, 0) is 35.7 Å². The Labute approximate surface area is 173 Å². The van der Waals surface area contributed by atoms with Crippen LogP contribution in [0.25, 0.3) is 0 Å². The molecule has 2 aromatic carbocycles. The molecule has 30 heavy (non-hydrogen) atoms. The second-order valence-electron chi connectivity index (χ2n) is 6.90. The first-order valence-electron chi connectivity index (χ1n) is 9.51. The SMILES string of the molecule is CN=C(NCc1cccc(Cn2ccnc2C)c1)NCc1cccc(C(F)(F)F)c1. The molecule has 8 heteroatoms. The molecule has 0 atom stereocenters. The molecule has 0 fully saturated rings. The van der Waals surface area contributed by atoms with Crippen molar-refractivity contribution in [2.75, 3.05) is 7.05 Å². The topological polar surface area (TPSA) is 54.2 Å². The van der Waals surface area contributed by atoms with Crippen molar-refractivity contribution in [3.05, 3.63) is 89.0 Å². The fraction of sp³-hybridized carbons (Fsp3) is 0.273. The van der Waals surface area contributed by atoms with Crippen LogP contribution in [0.4, 0.5) is 13.2 Å². The van der Waals surface area contributed by atoms with Gasteiger partial charge in [0.15, 0.2) is 5.96 Å². The predicted molar refractivity (Wildman–Crippen MR) is 111 cm³/mol. The Bertz CT molecular complexity index is 1010. The summed E-state index contributed by atoms with van der Waals surface area (Å²) < 4.78 is 40.6. The van der Waals surface area contributed by atoms with Crippen molar-refractivity contribution >= 4 is 5.96 Å². The maximum absolute atomic E-state index is 12.9. The summed E-state index contributed by atoms with van der Waals surface area (Å²) in [5.41, 5.74) is 2.11. The van der Waals surface area contributed by atoms with E-state index in [-0.39, 0.29) is 6.54 Å². The van der Waals surface area contributed by atoms with Crippen LogP contribution >= 0.6 is 0 Å². The fourth-order valence-electron chi connectivity index (χ4n) is 3.06. The third-order valence-electron chi connectivity index (χ3n) is 4.67. The fourth-order valence-corrected chi connectivity index (χ4v) is 3.06. The van der Waals surface area contributed by atoms with Gasteiger partial charge in [0, 0.05) is 39.1 Å². The van der Waals surface area contributed by atoms with Crippen LogP contribution in [0.5, 0.6) is 0 Å². The Hall–Kier alpha value is -3.29. The number of aliphatic imine (C=N–C) groups is 1. The number of guanidine groups is 1. The molecule has 0 unspecified atom stereocenters. The Morgan fingerprint density at radius 2 is 1.63 bits per heavy atom. The molecular weight excluding hydrogens is 391 g/mol. The van der Waals surface area contributed by atoms with E-state index in [1.807, 2.05) is 25.3 Å². The number of benzene rings is 2. The highest BCUT2D eigenvalue weighted by Gasteiger charge is 2.30. The van der Waals surface area contributed by atoms with Crippen LogP contribution in [0.15, 0.2) is 65.9 Å². The normalized spacial score (nSPS) is 12.1. The van der Waals surface area contributed by atoms with Crippen molar-refractivity contribution in [1.29, 1.82) is 0 Å². The highest BCUT2D eigenvalue weighted by Crippen LogP contribution is 2.29. The van der Waals surface area contributed by atoms with Crippen molar-refractivity contribution < 1.29 is 13.2 Å². The average molecular weight is 415 g/mol. The van der Waals surface area contributed by atoms with E-state index >= 15 is 0 Å². The molecular formula is C22H24F3N5. The molecule has 2 N–H and O–H groups in total. The first-order valence-corrected chi connectivity index (χ1v) is 9.51. The summed E-state index contributed by atoms with van der Waals surface area (Å²) in [5.74, 6) is 1.47. The molecule has 0 spiro atoms. The Kier molecular flexibility index (Phi) is 6.76. The van der Waals surface area contributed by atoms with Crippen LogP contribution in [-0.4, -0.2) is 22.6 Å². The van der Waals surface area contributed by atoms with Gasteiger partial charge in [-0.15, -0.1) is 0 Å². The number of nitrogens with one attached hydrogen (secondary N) is 2. The van der Waals surface area contributed by atoms with Gasteiger partial charge in [0.25, 0.3) is 0 Å². The molecule has 0 aliphatic rings. The van der Waals surface area contributed by atoms with Crippen LogP contribution in [0.1, 0.15) is 28.1 Å². The van der Waals surface area contributed by atoms with Crippen molar-refractivity contribution in [2.24, 2.45) is 4.99 Å². The third kappa shape index (κ3) is 5.85. The first kappa shape index (κ1) is 21.4. The number of aryl methyl sites for hydroxylation is 1. The summed E-state index contributed by atoms with van der Waals surface area (Å²) >= 11 is 0. The van der Waals surface area contributed by atoms with Crippen LogP contribution in [0, 0.1) is 6.92 Å². The maximum atomic E-state index is 12.9. The van der Waals surface area contributed by atoms with E-state index in [2.05, 4.69) is 37.3 Å². The molecule has 0 amide bonds. The van der Waals surface area contributed by atoms with Gasteiger partial charge >= 0.3 is 6.18 Å².